The molecule has 0 bridgehead atoms. The first-order valence-electron chi connectivity index (χ1n) is 4.61. The molecule has 2 rings (SSSR count). The van der Waals surface area contributed by atoms with E-state index in [-0.39, 0.29) is 18.3 Å². The van der Waals surface area contributed by atoms with Crippen LogP contribution in [0.2, 0.25) is 0 Å². The van der Waals surface area contributed by atoms with E-state index < -0.39 is 11.9 Å². The minimum Gasteiger partial charge on any atom is -0.475 e. The van der Waals surface area contributed by atoms with Crippen LogP contribution in [0.25, 0.3) is 0 Å². The molecule has 2 N–H and O–H groups in total. The van der Waals surface area contributed by atoms with E-state index >= 15 is 0 Å². The molecular formula is C10H9FN2O3. The Morgan fingerprint density at radius 1 is 1.50 bits per heavy atom. The average Bonchev–Trinajstić information content (AvgIpc) is 2.78. The number of nitrogens with zero attached hydrogens (tertiary/aromatic N) is 1. The van der Waals surface area contributed by atoms with Gasteiger partial charge in [-0.15, -0.1) is 0 Å². The molecule has 0 fully saturated rings. The second-order valence-electron chi connectivity index (χ2n) is 3.24. The van der Waals surface area contributed by atoms with Gasteiger partial charge in [-0.05, 0) is 24.3 Å². The Bertz CT molecular complexity index is 430. The smallest absolute Gasteiger partial charge is 0.271 e. The number of hydrogen-bond acceptors (Lipinski definition) is 4. The van der Waals surface area contributed by atoms with Crippen LogP contribution in [0, 0.1) is 5.82 Å². The van der Waals surface area contributed by atoms with E-state index in [1.54, 1.807) is 0 Å². The van der Waals surface area contributed by atoms with Crippen molar-refractivity contribution >= 4 is 11.8 Å². The lowest BCUT2D eigenvalue weighted by molar-refractivity contribution is -0.130. The molecule has 6 heteroatoms. The molecule has 0 aromatic heterocycles. The summed E-state index contributed by atoms with van der Waals surface area (Å²) in [7, 11) is 0. The highest BCUT2D eigenvalue weighted by Crippen LogP contribution is 2.12. The highest BCUT2D eigenvalue weighted by molar-refractivity contribution is 5.98. The van der Waals surface area contributed by atoms with Crippen LogP contribution in [-0.2, 0) is 9.53 Å². The molecule has 0 spiro atoms. The summed E-state index contributed by atoms with van der Waals surface area (Å²) in [4.78, 5) is 15.0. The van der Waals surface area contributed by atoms with Crippen molar-refractivity contribution in [3.05, 3.63) is 35.6 Å². The van der Waals surface area contributed by atoms with Crippen LogP contribution < -0.4 is 5.48 Å². The van der Waals surface area contributed by atoms with Gasteiger partial charge in [0, 0.05) is 5.56 Å². The van der Waals surface area contributed by atoms with Crippen molar-refractivity contribution in [1.29, 1.82) is 0 Å². The minimum atomic E-state index is -0.759. The molecule has 1 aromatic rings. The topological polar surface area (TPSA) is 70.9 Å². The number of aliphatic imine (C=N–C) groups is 1. The van der Waals surface area contributed by atoms with Gasteiger partial charge in [0.1, 0.15) is 12.4 Å². The Kier molecular flexibility index (Phi) is 2.82. The highest BCUT2D eigenvalue weighted by atomic mass is 19.1. The van der Waals surface area contributed by atoms with Crippen LogP contribution in [0.1, 0.15) is 5.56 Å². The van der Waals surface area contributed by atoms with Crippen LogP contribution in [0.15, 0.2) is 29.3 Å². The summed E-state index contributed by atoms with van der Waals surface area (Å²) in [5, 5.41) is 8.41. The number of carbonyl (C=O) groups is 1. The molecule has 5 nitrogen and oxygen atoms in total. The first-order chi connectivity index (χ1) is 7.70. The van der Waals surface area contributed by atoms with Crippen LogP contribution >= 0.6 is 0 Å². The third-order valence-corrected chi connectivity index (χ3v) is 2.16. The fraction of sp³-hybridized carbons (Fsp3) is 0.200. The molecule has 1 aliphatic rings. The summed E-state index contributed by atoms with van der Waals surface area (Å²) in [6.45, 7) is 0.0686. The number of hydrogen-bond donors (Lipinski definition) is 2. The van der Waals surface area contributed by atoms with Crippen molar-refractivity contribution < 1.29 is 19.1 Å². The molecular weight excluding hydrogens is 215 g/mol. The number of halogens is 1. The zero-order valence-corrected chi connectivity index (χ0v) is 8.18. The molecule has 1 amide bonds. The van der Waals surface area contributed by atoms with Gasteiger partial charge in [-0.1, -0.05) is 0 Å². The quantitative estimate of drug-likeness (QED) is 0.567. The van der Waals surface area contributed by atoms with Gasteiger partial charge < -0.3 is 4.74 Å². The first-order valence-corrected chi connectivity index (χ1v) is 4.61. The third kappa shape index (κ3) is 2.01. The molecule has 0 aliphatic carbocycles. The lowest BCUT2D eigenvalue weighted by Crippen LogP contribution is -2.31. The number of amides is 1. The summed E-state index contributed by atoms with van der Waals surface area (Å²) in [5.41, 5.74) is 2.09. The van der Waals surface area contributed by atoms with Crippen LogP contribution in [0.4, 0.5) is 4.39 Å². The van der Waals surface area contributed by atoms with Crippen molar-refractivity contribution in [3.8, 4) is 0 Å². The fourth-order valence-electron chi connectivity index (χ4n) is 1.33. The van der Waals surface area contributed by atoms with E-state index in [2.05, 4.69) is 4.99 Å². The maximum atomic E-state index is 12.7. The van der Waals surface area contributed by atoms with Gasteiger partial charge in [-0.25, -0.2) is 14.9 Å². The number of benzene rings is 1. The maximum Gasteiger partial charge on any atom is 0.271 e. The molecule has 0 saturated carbocycles. The molecule has 1 heterocycles. The number of rotatable bonds is 2. The van der Waals surface area contributed by atoms with Crippen LogP contribution in [0.5, 0.6) is 0 Å². The molecule has 0 saturated heterocycles. The van der Waals surface area contributed by atoms with E-state index in [4.69, 9.17) is 9.94 Å². The van der Waals surface area contributed by atoms with Crippen molar-refractivity contribution in [3.63, 3.8) is 0 Å². The van der Waals surface area contributed by atoms with Gasteiger partial charge >= 0.3 is 0 Å². The first kappa shape index (κ1) is 10.6. The zero-order valence-electron chi connectivity index (χ0n) is 8.18. The van der Waals surface area contributed by atoms with Crippen molar-refractivity contribution in [2.75, 3.05) is 6.61 Å². The predicted octanol–water partition coefficient (Wildman–Crippen LogP) is 0.476. The van der Waals surface area contributed by atoms with Gasteiger partial charge in [0.2, 0.25) is 5.90 Å². The van der Waals surface area contributed by atoms with E-state index in [0.29, 0.717) is 5.56 Å². The van der Waals surface area contributed by atoms with Gasteiger partial charge in [-0.3, -0.25) is 10.0 Å². The van der Waals surface area contributed by atoms with E-state index in [1.807, 2.05) is 0 Å². The standard InChI is InChI=1S/C10H9FN2O3/c11-7-3-1-6(2-4-7)10-12-8(5-16-10)9(14)13-15/h1-4,8,15H,5H2,(H,13,14). The van der Waals surface area contributed by atoms with E-state index in [9.17, 15) is 9.18 Å². The molecule has 1 atom stereocenters. The molecule has 84 valence electrons. The Balaban J connectivity index is 2.17. The van der Waals surface area contributed by atoms with Crippen LogP contribution in [-0.4, -0.2) is 29.7 Å². The van der Waals surface area contributed by atoms with Crippen molar-refractivity contribution in [1.82, 2.24) is 5.48 Å². The molecule has 0 radical (unpaired) electrons. The molecule has 16 heavy (non-hydrogen) atoms. The Morgan fingerprint density at radius 2 is 2.19 bits per heavy atom. The summed E-state index contributed by atoms with van der Waals surface area (Å²) in [6, 6.07) is 4.81. The van der Waals surface area contributed by atoms with Crippen LogP contribution in [0.3, 0.4) is 0 Å². The zero-order chi connectivity index (χ0) is 11.5. The molecule has 1 aliphatic heterocycles. The highest BCUT2D eigenvalue weighted by Gasteiger charge is 2.26. The lowest BCUT2D eigenvalue weighted by Gasteiger charge is -2.00. The Morgan fingerprint density at radius 3 is 2.81 bits per heavy atom. The van der Waals surface area contributed by atoms with Crippen molar-refractivity contribution in [2.24, 2.45) is 4.99 Å². The summed E-state index contributed by atoms with van der Waals surface area (Å²) >= 11 is 0. The second-order valence-corrected chi connectivity index (χ2v) is 3.24. The van der Waals surface area contributed by atoms with Gasteiger partial charge in [0.25, 0.3) is 5.91 Å². The maximum absolute atomic E-state index is 12.7. The minimum absolute atomic E-state index is 0.0686. The van der Waals surface area contributed by atoms with Gasteiger partial charge in [0.15, 0.2) is 6.04 Å². The number of carbonyl (C=O) groups excluding carboxylic acids is 1. The summed E-state index contributed by atoms with van der Waals surface area (Å²) in [6.07, 6.45) is 0. The Hall–Kier alpha value is -1.95. The monoisotopic (exact) mass is 224 g/mol. The SMILES string of the molecule is O=C(NO)C1COC(c2ccc(F)cc2)=N1. The fourth-order valence-corrected chi connectivity index (χ4v) is 1.33. The predicted molar refractivity (Wildman–Crippen MR) is 52.6 cm³/mol. The summed E-state index contributed by atoms with van der Waals surface area (Å²) < 4.78 is 17.8. The third-order valence-electron chi connectivity index (χ3n) is 2.16. The molecule has 1 unspecified atom stereocenters. The van der Waals surface area contributed by atoms with Gasteiger partial charge in [0.05, 0.1) is 0 Å². The summed E-state index contributed by atoms with van der Waals surface area (Å²) in [5.74, 6) is -0.710. The lowest BCUT2D eigenvalue weighted by atomic mass is 10.2. The number of nitrogens with one attached hydrogen (secondary N) is 1. The van der Waals surface area contributed by atoms with Crippen molar-refractivity contribution in [2.45, 2.75) is 6.04 Å². The number of hydroxylamine groups is 1. The largest absolute Gasteiger partial charge is 0.475 e. The molecule has 1 aromatic carbocycles. The number of ether oxygens (including phenoxy) is 1. The van der Waals surface area contributed by atoms with Gasteiger partial charge in [-0.2, -0.15) is 0 Å². The van der Waals surface area contributed by atoms with E-state index in [1.165, 1.54) is 29.7 Å². The Labute approximate surface area is 90.5 Å². The van der Waals surface area contributed by atoms with E-state index in [0.717, 1.165) is 0 Å². The normalized spacial score (nSPS) is 18.9. The average molecular weight is 224 g/mol. The second kappa shape index (κ2) is 4.28.